The Bertz CT molecular complexity index is 987. The fourth-order valence-electron chi connectivity index (χ4n) is 4.03. The zero-order valence-corrected chi connectivity index (χ0v) is 17.6. The summed E-state index contributed by atoms with van der Waals surface area (Å²) in [5.41, 5.74) is 0.810. The first-order valence-corrected chi connectivity index (χ1v) is 10.5. The van der Waals surface area contributed by atoms with Crippen molar-refractivity contribution >= 4 is 17.6 Å². The third kappa shape index (κ3) is 4.10. The van der Waals surface area contributed by atoms with Gasteiger partial charge >= 0.3 is 5.69 Å². The molecule has 4 rings (SSSR count). The molecule has 11 heteroatoms. The summed E-state index contributed by atoms with van der Waals surface area (Å²) in [6.45, 7) is 3.53. The van der Waals surface area contributed by atoms with Crippen LogP contribution in [-0.2, 0) is 31.4 Å². The molecule has 0 spiro atoms. The number of anilines is 1. The molecule has 11 nitrogen and oxygen atoms in total. The lowest BCUT2D eigenvalue weighted by atomic mass is 10.2. The van der Waals surface area contributed by atoms with Crippen LogP contribution < -0.4 is 15.9 Å². The normalized spacial score (nSPS) is 17.4. The van der Waals surface area contributed by atoms with Crippen LogP contribution in [0, 0.1) is 0 Å². The van der Waals surface area contributed by atoms with Crippen molar-refractivity contribution in [3.8, 4) is 0 Å². The standard InChI is InChI=1S/C19H29N9O2/c1-20-18(25-10-11-26(17(29)14-25)15-12-22-24(2)13-15)21-7-5-9-28-19(30)27-8-4-3-6-16(27)23-28/h12-13H,3-11,14H2,1-2H3,(H,20,21). The summed E-state index contributed by atoms with van der Waals surface area (Å²) in [5, 5.41) is 11.9. The highest BCUT2D eigenvalue weighted by Crippen LogP contribution is 2.16. The lowest BCUT2D eigenvalue weighted by molar-refractivity contribution is -0.120. The Balaban J connectivity index is 1.27. The minimum absolute atomic E-state index is 0.00815. The summed E-state index contributed by atoms with van der Waals surface area (Å²) < 4.78 is 5.06. The molecule has 0 radical (unpaired) electrons. The van der Waals surface area contributed by atoms with Gasteiger partial charge < -0.3 is 15.1 Å². The largest absolute Gasteiger partial charge is 0.356 e. The van der Waals surface area contributed by atoms with Crippen LogP contribution in [0.25, 0.3) is 0 Å². The Morgan fingerprint density at radius 2 is 2.10 bits per heavy atom. The fraction of sp³-hybridized carbons (Fsp3) is 0.632. The summed E-state index contributed by atoms with van der Waals surface area (Å²) in [7, 11) is 3.55. The second-order valence-electron chi connectivity index (χ2n) is 7.70. The third-order valence-corrected chi connectivity index (χ3v) is 5.60. The second kappa shape index (κ2) is 8.72. The number of guanidine groups is 1. The monoisotopic (exact) mass is 415 g/mol. The molecule has 30 heavy (non-hydrogen) atoms. The molecular weight excluding hydrogens is 386 g/mol. The van der Waals surface area contributed by atoms with Gasteiger partial charge in [0.15, 0.2) is 5.96 Å². The quantitative estimate of drug-likeness (QED) is 0.398. The van der Waals surface area contributed by atoms with Crippen LogP contribution in [0.2, 0.25) is 0 Å². The molecule has 4 heterocycles. The molecule has 2 aromatic rings. The lowest BCUT2D eigenvalue weighted by Crippen LogP contribution is -2.55. The smallest absolute Gasteiger partial charge is 0.345 e. The molecular formula is C19H29N9O2. The van der Waals surface area contributed by atoms with Gasteiger partial charge in [-0.3, -0.25) is 19.0 Å². The predicted molar refractivity (Wildman–Crippen MR) is 113 cm³/mol. The van der Waals surface area contributed by atoms with Crippen molar-refractivity contribution in [2.75, 3.05) is 38.1 Å². The molecule has 1 saturated heterocycles. The third-order valence-electron chi connectivity index (χ3n) is 5.60. The molecule has 2 aliphatic heterocycles. The first-order valence-electron chi connectivity index (χ1n) is 10.5. The van der Waals surface area contributed by atoms with Crippen molar-refractivity contribution < 1.29 is 4.79 Å². The molecule has 0 bridgehead atoms. The van der Waals surface area contributed by atoms with Gasteiger partial charge in [0.1, 0.15) is 12.4 Å². The van der Waals surface area contributed by atoms with Crippen molar-refractivity contribution in [1.82, 2.24) is 34.3 Å². The highest BCUT2D eigenvalue weighted by atomic mass is 16.2. The molecule has 0 saturated carbocycles. The number of aliphatic imine (C=N–C) groups is 1. The van der Waals surface area contributed by atoms with Gasteiger partial charge in [0.25, 0.3) is 0 Å². The minimum Gasteiger partial charge on any atom is -0.356 e. The molecule has 1 N–H and O–H groups in total. The van der Waals surface area contributed by atoms with E-state index in [9.17, 15) is 9.59 Å². The van der Waals surface area contributed by atoms with Crippen molar-refractivity contribution in [2.45, 2.75) is 38.8 Å². The predicted octanol–water partition coefficient (Wildman–Crippen LogP) is -0.571. The number of aryl methyl sites for hydroxylation is 3. The van der Waals surface area contributed by atoms with E-state index in [0.717, 1.165) is 43.7 Å². The van der Waals surface area contributed by atoms with E-state index in [0.29, 0.717) is 32.1 Å². The first kappa shape index (κ1) is 20.2. The van der Waals surface area contributed by atoms with Gasteiger partial charge in [-0.1, -0.05) is 0 Å². The molecule has 2 aliphatic rings. The van der Waals surface area contributed by atoms with E-state index in [1.54, 1.807) is 32.1 Å². The summed E-state index contributed by atoms with van der Waals surface area (Å²) >= 11 is 0. The number of piperazine rings is 1. The number of rotatable bonds is 5. The maximum Gasteiger partial charge on any atom is 0.345 e. The van der Waals surface area contributed by atoms with Gasteiger partial charge in [0, 0.05) is 59.4 Å². The van der Waals surface area contributed by atoms with E-state index < -0.39 is 0 Å². The molecule has 0 unspecified atom stereocenters. The van der Waals surface area contributed by atoms with Crippen LogP contribution in [0.3, 0.4) is 0 Å². The summed E-state index contributed by atoms with van der Waals surface area (Å²) in [5.74, 6) is 1.62. The Morgan fingerprint density at radius 3 is 2.80 bits per heavy atom. The maximum absolute atomic E-state index is 12.6. The number of carbonyl (C=O) groups is 1. The second-order valence-corrected chi connectivity index (χ2v) is 7.70. The van der Waals surface area contributed by atoms with Gasteiger partial charge in [0.05, 0.1) is 11.9 Å². The molecule has 1 amide bonds. The Morgan fingerprint density at radius 1 is 1.23 bits per heavy atom. The molecule has 0 aromatic carbocycles. The Labute approximate surface area is 175 Å². The van der Waals surface area contributed by atoms with Gasteiger partial charge in [-0.2, -0.15) is 10.2 Å². The van der Waals surface area contributed by atoms with Crippen LogP contribution >= 0.6 is 0 Å². The van der Waals surface area contributed by atoms with Crippen molar-refractivity contribution in [3.05, 3.63) is 28.7 Å². The summed E-state index contributed by atoms with van der Waals surface area (Å²) in [6, 6.07) is 0. The number of aromatic nitrogens is 5. The summed E-state index contributed by atoms with van der Waals surface area (Å²) in [6.07, 6.45) is 7.32. The highest BCUT2D eigenvalue weighted by Gasteiger charge is 2.27. The molecule has 0 aliphatic carbocycles. The van der Waals surface area contributed by atoms with Crippen LogP contribution in [0.1, 0.15) is 25.1 Å². The van der Waals surface area contributed by atoms with Crippen molar-refractivity contribution in [3.63, 3.8) is 0 Å². The Hall–Kier alpha value is -3.11. The van der Waals surface area contributed by atoms with Gasteiger partial charge in [-0.05, 0) is 19.3 Å². The lowest BCUT2D eigenvalue weighted by Gasteiger charge is -2.35. The fourth-order valence-corrected chi connectivity index (χ4v) is 4.03. The molecule has 2 aromatic heterocycles. The van der Waals surface area contributed by atoms with Crippen LogP contribution in [0.15, 0.2) is 22.2 Å². The van der Waals surface area contributed by atoms with Crippen molar-refractivity contribution in [1.29, 1.82) is 0 Å². The van der Waals surface area contributed by atoms with E-state index in [1.807, 2.05) is 18.1 Å². The van der Waals surface area contributed by atoms with E-state index in [2.05, 4.69) is 20.5 Å². The zero-order chi connectivity index (χ0) is 21.1. The van der Waals surface area contributed by atoms with E-state index in [4.69, 9.17) is 0 Å². The number of nitrogens with one attached hydrogen (secondary N) is 1. The molecule has 0 atom stereocenters. The molecule has 1 fully saturated rings. The van der Waals surface area contributed by atoms with Crippen LogP contribution in [0.5, 0.6) is 0 Å². The highest BCUT2D eigenvalue weighted by molar-refractivity contribution is 5.98. The number of carbonyl (C=O) groups excluding carboxylic acids is 1. The van der Waals surface area contributed by atoms with Gasteiger partial charge in [-0.15, -0.1) is 0 Å². The number of amides is 1. The van der Waals surface area contributed by atoms with E-state index in [1.165, 1.54) is 0 Å². The average molecular weight is 416 g/mol. The van der Waals surface area contributed by atoms with Crippen LogP contribution in [0.4, 0.5) is 5.69 Å². The summed E-state index contributed by atoms with van der Waals surface area (Å²) in [4.78, 5) is 33.0. The van der Waals surface area contributed by atoms with E-state index >= 15 is 0 Å². The first-order chi connectivity index (χ1) is 14.6. The number of nitrogens with zero attached hydrogens (tertiary/aromatic N) is 8. The molecule has 162 valence electrons. The van der Waals surface area contributed by atoms with E-state index in [-0.39, 0.29) is 18.1 Å². The maximum atomic E-state index is 12.6. The number of fused-ring (bicyclic) bond motifs is 1. The van der Waals surface area contributed by atoms with Gasteiger partial charge in [-0.25, -0.2) is 9.48 Å². The van der Waals surface area contributed by atoms with Crippen molar-refractivity contribution in [2.24, 2.45) is 12.0 Å². The SMILES string of the molecule is CN=C(NCCCn1nc2n(c1=O)CCCC2)N1CCN(c2cnn(C)c2)C(=O)C1. The number of hydrogen-bond donors (Lipinski definition) is 1. The van der Waals surface area contributed by atoms with Gasteiger partial charge in [0.2, 0.25) is 5.91 Å². The average Bonchev–Trinajstić information content (AvgIpc) is 3.31. The topological polar surface area (TPSA) is 106 Å². The van der Waals surface area contributed by atoms with Crippen LogP contribution in [-0.4, -0.2) is 74.1 Å². The minimum atomic E-state index is -0.00815. The zero-order valence-electron chi connectivity index (χ0n) is 17.6. The Kier molecular flexibility index (Phi) is 5.86. The number of hydrogen-bond acceptors (Lipinski definition) is 5.